The van der Waals surface area contributed by atoms with Crippen LogP contribution in [0.4, 0.5) is 0 Å². The van der Waals surface area contributed by atoms with Crippen molar-refractivity contribution in [1.29, 1.82) is 0 Å². The van der Waals surface area contributed by atoms with E-state index in [0.717, 1.165) is 17.3 Å². The first-order chi connectivity index (χ1) is 8.21. The summed E-state index contributed by atoms with van der Waals surface area (Å²) >= 11 is 5.93. The Hall–Kier alpha value is -1.42. The van der Waals surface area contributed by atoms with Crippen LogP contribution in [0.3, 0.4) is 0 Å². The molecule has 0 unspecified atom stereocenters. The first-order valence-corrected chi connectivity index (χ1v) is 5.88. The van der Waals surface area contributed by atoms with Gasteiger partial charge in [-0.15, -0.1) is 0 Å². The molecule has 0 aliphatic rings. The van der Waals surface area contributed by atoms with E-state index in [2.05, 4.69) is 15.6 Å². The molecule has 1 aromatic carbocycles. The smallest absolute Gasteiger partial charge is 0.190 e. The van der Waals surface area contributed by atoms with E-state index in [9.17, 15) is 0 Å². The van der Waals surface area contributed by atoms with Gasteiger partial charge in [0.05, 0.1) is 6.61 Å². The maximum atomic E-state index is 5.93. The van der Waals surface area contributed by atoms with Crippen molar-refractivity contribution in [3.8, 4) is 5.75 Å². The molecular weight excluding hydrogens is 238 g/mol. The summed E-state index contributed by atoms with van der Waals surface area (Å²) in [5.41, 5.74) is 1.05. The molecule has 0 saturated heterocycles. The molecule has 0 aromatic heterocycles. The molecule has 2 N–H and O–H groups in total. The third kappa shape index (κ3) is 4.15. The molecule has 94 valence electrons. The molecule has 5 heteroatoms. The van der Waals surface area contributed by atoms with Crippen molar-refractivity contribution in [1.82, 2.24) is 10.6 Å². The Morgan fingerprint density at radius 3 is 2.82 bits per heavy atom. The number of nitrogens with zero attached hydrogens (tertiary/aromatic N) is 1. The van der Waals surface area contributed by atoms with Crippen LogP contribution in [-0.2, 0) is 6.54 Å². The molecule has 0 radical (unpaired) electrons. The Kier molecular flexibility index (Phi) is 5.63. The highest BCUT2D eigenvalue weighted by molar-refractivity contribution is 6.30. The number of benzene rings is 1. The SMILES string of the molecule is CCOc1cc(Cl)ccc1CNC(=NC)NC. The van der Waals surface area contributed by atoms with Gasteiger partial charge in [0.15, 0.2) is 5.96 Å². The van der Waals surface area contributed by atoms with Gasteiger partial charge >= 0.3 is 0 Å². The lowest BCUT2D eigenvalue weighted by molar-refractivity contribution is 0.336. The largest absolute Gasteiger partial charge is 0.493 e. The Labute approximate surface area is 107 Å². The molecule has 17 heavy (non-hydrogen) atoms. The maximum Gasteiger partial charge on any atom is 0.190 e. The second-order valence-corrected chi connectivity index (χ2v) is 3.80. The molecule has 0 saturated carbocycles. The fraction of sp³-hybridized carbons (Fsp3) is 0.417. The summed E-state index contributed by atoms with van der Waals surface area (Å²) < 4.78 is 5.53. The third-order valence-electron chi connectivity index (χ3n) is 2.24. The highest BCUT2D eigenvalue weighted by Crippen LogP contribution is 2.23. The van der Waals surface area contributed by atoms with Gasteiger partial charge in [0, 0.05) is 31.2 Å². The van der Waals surface area contributed by atoms with Crippen molar-refractivity contribution in [3.05, 3.63) is 28.8 Å². The zero-order valence-electron chi connectivity index (χ0n) is 10.4. The van der Waals surface area contributed by atoms with Crippen molar-refractivity contribution in [2.75, 3.05) is 20.7 Å². The average molecular weight is 256 g/mol. The van der Waals surface area contributed by atoms with Gasteiger partial charge in [-0.05, 0) is 19.1 Å². The number of halogens is 1. The molecular formula is C12H18ClN3O. The average Bonchev–Trinajstić information content (AvgIpc) is 2.33. The number of ether oxygens (including phenoxy) is 1. The van der Waals surface area contributed by atoms with Gasteiger partial charge < -0.3 is 15.4 Å². The first-order valence-electron chi connectivity index (χ1n) is 5.50. The lowest BCUT2D eigenvalue weighted by Gasteiger charge is -2.13. The predicted molar refractivity (Wildman–Crippen MR) is 71.9 cm³/mol. The van der Waals surface area contributed by atoms with Gasteiger partial charge in [-0.2, -0.15) is 0 Å². The van der Waals surface area contributed by atoms with Crippen LogP contribution in [0.5, 0.6) is 5.75 Å². The molecule has 0 atom stereocenters. The molecule has 0 bridgehead atoms. The second-order valence-electron chi connectivity index (χ2n) is 3.36. The highest BCUT2D eigenvalue weighted by Gasteiger charge is 2.05. The zero-order valence-corrected chi connectivity index (χ0v) is 11.1. The molecule has 0 aliphatic carbocycles. The zero-order chi connectivity index (χ0) is 12.7. The van der Waals surface area contributed by atoms with E-state index in [1.165, 1.54) is 0 Å². The Morgan fingerprint density at radius 2 is 2.24 bits per heavy atom. The van der Waals surface area contributed by atoms with E-state index in [1.807, 2.05) is 32.2 Å². The third-order valence-corrected chi connectivity index (χ3v) is 2.47. The topological polar surface area (TPSA) is 45.6 Å². The summed E-state index contributed by atoms with van der Waals surface area (Å²) in [6.45, 7) is 3.21. The minimum absolute atomic E-state index is 0.619. The lowest BCUT2D eigenvalue weighted by Crippen LogP contribution is -2.34. The van der Waals surface area contributed by atoms with Crippen LogP contribution in [0.2, 0.25) is 5.02 Å². The summed E-state index contributed by atoms with van der Waals surface area (Å²) in [6, 6.07) is 5.62. The van der Waals surface area contributed by atoms with Crippen molar-refractivity contribution >= 4 is 17.6 Å². The van der Waals surface area contributed by atoms with Crippen molar-refractivity contribution in [2.24, 2.45) is 4.99 Å². The van der Waals surface area contributed by atoms with Crippen molar-refractivity contribution in [2.45, 2.75) is 13.5 Å². The number of aliphatic imine (C=N–C) groups is 1. The summed E-state index contributed by atoms with van der Waals surface area (Å²) in [4.78, 5) is 4.04. The minimum atomic E-state index is 0.619. The number of hydrogen-bond donors (Lipinski definition) is 2. The van der Waals surface area contributed by atoms with E-state index in [0.29, 0.717) is 18.2 Å². The quantitative estimate of drug-likeness (QED) is 0.639. The molecule has 0 fully saturated rings. The van der Waals surface area contributed by atoms with Gasteiger partial charge in [0.25, 0.3) is 0 Å². The van der Waals surface area contributed by atoms with Crippen molar-refractivity contribution in [3.63, 3.8) is 0 Å². The summed E-state index contributed by atoms with van der Waals surface area (Å²) in [5, 5.41) is 6.80. The van der Waals surface area contributed by atoms with Gasteiger partial charge in [-0.3, -0.25) is 4.99 Å². The highest BCUT2D eigenvalue weighted by atomic mass is 35.5. The normalized spacial score (nSPS) is 11.2. The van der Waals surface area contributed by atoms with Crippen LogP contribution in [0.25, 0.3) is 0 Å². The van der Waals surface area contributed by atoms with Crippen LogP contribution in [0.15, 0.2) is 23.2 Å². The van der Waals surface area contributed by atoms with Gasteiger partial charge in [-0.1, -0.05) is 17.7 Å². The predicted octanol–water partition coefficient (Wildman–Crippen LogP) is 2.03. The minimum Gasteiger partial charge on any atom is -0.493 e. The van der Waals surface area contributed by atoms with E-state index < -0.39 is 0 Å². The van der Waals surface area contributed by atoms with Crippen LogP contribution >= 0.6 is 11.6 Å². The maximum absolute atomic E-state index is 5.93. The summed E-state index contributed by atoms with van der Waals surface area (Å²) in [5.74, 6) is 1.54. The summed E-state index contributed by atoms with van der Waals surface area (Å²) in [7, 11) is 3.55. The van der Waals surface area contributed by atoms with Crippen LogP contribution in [0.1, 0.15) is 12.5 Å². The number of hydrogen-bond acceptors (Lipinski definition) is 2. The van der Waals surface area contributed by atoms with Crippen molar-refractivity contribution < 1.29 is 4.74 Å². The van der Waals surface area contributed by atoms with E-state index in [4.69, 9.17) is 16.3 Å². The molecule has 0 heterocycles. The van der Waals surface area contributed by atoms with Gasteiger partial charge in [0.1, 0.15) is 5.75 Å². The van der Waals surface area contributed by atoms with E-state index in [1.54, 1.807) is 7.05 Å². The Morgan fingerprint density at radius 1 is 1.47 bits per heavy atom. The van der Waals surface area contributed by atoms with E-state index >= 15 is 0 Å². The number of rotatable bonds is 4. The van der Waals surface area contributed by atoms with Crippen LogP contribution in [-0.4, -0.2) is 26.7 Å². The van der Waals surface area contributed by atoms with Crippen LogP contribution in [0, 0.1) is 0 Å². The summed E-state index contributed by atoms with van der Waals surface area (Å²) in [6.07, 6.45) is 0. The molecule has 1 aromatic rings. The van der Waals surface area contributed by atoms with Gasteiger partial charge in [-0.25, -0.2) is 0 Å². The molecule has 4 nitrogen and oxygen atoms in total. The van der Waals surface area contributed by atoms with E-state index in [-0.39, 0.29) is 0 Å². The Balaban J connectivity index is 2.76. The molecule has 1 rings (SSSR count). The van der Waals surface area contributed by atoms with Gasteiger partial charge in [0.2, 0.25) is 0 Å². The second kappa shape index (κ2) is 7.01. The number of nitrogens with one attached hydrogen (secondary N) is 2. The fourth-order valence-corrected chi connectivity index (χ4v) is 1.58. The van der Waals surface area contributed by atoms with Crippen LogP contribution < -0.4 is 15.4 Å². The molecule has 0 aliphatic heterocycles. The molecule has 0 amide bonds. The lowest BCUT2D eigenvalue weighted by atomic mass is 10.2. The first kappa shape index (κ1) is 13.6. The monoisotopic (exact) mass is 255 g/mol. The number of guanidine groups is 1. The Bertz CT molecular complexity index is 393. The fourth-order valence-electron chi connectivity index (χ4n) is 1.42. The molecule has 0 spiro atoms. The standard InChI is InChI=1S/C12H18ClN3O/c1-4-17-11-7-10(13)6-5-9(11)8-16-12(14-2)15-3/h5-7H,4,8H2,1-3H3,(H2,14,15,16).